The molecule has 63 heavy (non-hydrogen) atoms. The van der Waals surface area contributed by atoms with Crippen molar-refractivity contribution in [1.82, 2.24) is 15.1 Å². The minimum atomic E-state index is -3.17. The summed E-state index contributed by atoms with van der Waals surface area (Å²) in [6, 6.07) is 0. The van der Waals surface area contributed by atoms with Gasteiger partial charge in [0.05, 0.1) is 19.7 Å². The Hall–Kier alpha value is -2.03. The van der Waals surface area contributed by atoms with Crippen molar-refractivity contribution in [2.75, 3.05) is 40.3 Å². The Kier molecular flexibility index (Phi) is 36.7. The molecule has 0 aromatic rings. The van der Waals surface area contributed by atoms with Crippen molar-refractivity contribution in [2.24, 2.45) is 5.92 Å². The normalized spacial score (nSPS) is 14.3. The van der Waals surface area contributed by atoms with E-state index in [0.29, 0.717) is 44.8 Å². The van der Waals surface area contributed by atoms with Crippen molar-refractivity contribution < 1.29 is 27.9 Å². The van der Waals surface area contributed by atoms with Gasteiger partial charge < -0.3 is 19.9 Å². The number of allylic oxidation sites excluding steroid dienone is 2. The summed E-state index contributed by atoms with van der Waals surface area (Å²) in [5, 5.41) is 3.04. The fourth-order valence-electron chi connectivity index (χ4n) is 9.15. The molecule has 9 heteroatoms. The van der Waals surface area contributed by atoms with E-state index in [1.165, 1.54) is 164 Å². The van der Waals surface area contributed by atoms with Crippen LogP contribution in [0.5, 0.6) is 0 Å². The number of nitrogens with zero attached hydrogens (tertiary/aromatic N) is 2. The number of amides is 2. The number of hydrogen-bond donors (Lipinski definition) is 1. The van der Waals surface area contributed by atoms with E-state index >= 15 is 8.78 Å². The van der Waals surface area contributed by atoms with Crippen molar-refractivity contribution in [3.05, 3.63) is 12.2 Å². The highest BCUT2D eigenvalue weighted by Gasteiger charge is 2.53. The lowest BCUT2D eigenvalue weighted by molar-refractivity contribution is -0.163. The van der Waals surface area contributed by atoms with Gasteiger partial charge in [-0.3, -0.25) is 14.4 Å². The number of hydrogen-bond acceptors (Lipinski definition) is 5. The standard InChI is InChI=1S/C54H101F2N3O4/c1-6-9-12-15-18-20-21-22-23-24-25-26-27-29-32-37-45-57-52(62)53(43-38-44-53)59(48-54(55,56)47-58(4)5)50(60)41-35-36-42-51(61)63-46-49(39-33-30-17-14-11-8-3)40-34-31-28-19-16-13-10-7-2/h22-23,49H,6-21,24-48H2,1-5H3,(H,57,62)/b23-22-. The molecule has 0 radical (unpaired) electrons. The maximum atomic E-state index is 15.4. The fourth-order valence-corrected chi connectivity index (χ4v) is 9.15. The summed E-state index contributed by atoms with van der Waals surface area (Å²) in [5.74, 6) is -3.77. The summed E-state index contributed by atoms with van der Waals surface area (Å²) in [4.78, 5) is 43.1. The molecule has 2 amide bonds. The molecular weight excluding hydrogens is 793 g/mol. The van der Waals surface area contributed by atoms with Gasteiger partial charge >= 0.3 is 5.97 Å². The van der Waals surface area contributed by atoms with Crippen LogP contribution in [0.25, 0.3) is 0 Å². The highest BCUT2D eigenvalue weighted by Crippen LogP contribution is 2.40. The molecule has 1 N–H and O–H groups in total. The lowest BCUT2D eigenvalue weighted by Crippen LogP contribution is -2.66. The van der Waals surface area contributed by atoms with E-state index in [4.69, 9.17) is 4.74 Å². The van der Waals surface area contributed by atoms with Gasteiger partial charge in [-0.1, -0.05) is 181 Å². The van der Waals surface area contributed by atoms with E-state index in [1.807, 2.05) is 0 Å². The quantitative estimate of drug-likeness (QED) is 0.0374. The highest BCUT2D eigenvalue weighted by molar-refractivity contribution is 5.92. The maximum Gasteiger partial charge on any atom is 0.305 e. The van der Waals surface area contributed by atoms with Gasteiger partial charge in [-0.2, -0.15) is 0 Å². The van der Waals surface area contributed by atoms with Crippen molar-refractivity contribution in [3.63, 3.8) is 0 Å². The molecule has 1 unspecified atom stereocenters. The Labute approximate surface area is 387 Å². The van der Waals surface area contributed by atoms with E-state index < -0.39 is 30.5 Å². The number of carbonyl (C=O) groups excluding carboxylic acids is 3. The lowest BCUT2D eigenvalue weighted by Gasteiger charge is -2.49. The third-order valence-corrected chi connectivity index (χ3v) is 13.3. The molecule has 1 aliphatic carbocycles. The Morgan fingerprint density at radius 3 is 1.51 bits per heavy atom. The molecule has 7 nitrogen and oxygen atoms in total. The number of esters is 1. The molecule has 0 aliphatic heterocycles. The number of alkyl halides is 2. The molecule has 0 spiro atoms. The molecule has 1 fully saturated rings. The second-order valence-electron chi connectivity index (χ2n) is 19.7. The summed E-state index contributed by atoms with van der Waals surface area (Å²) < 4.78 is 36.6. The molecule has 0 saturated heterocycles. The van der Waals surface area contributed by atoms with Gasteiger partial charge in [0.25, 0.3) is 5.92 Å². The first-order valence-electron chi connectivity index (χ1n) is 26.9. The van der Waals surface area contributed by atoms with Crippen LogP contribution in [0, 0.1) is 5.92 Å². The van der Waals surface area contributed by atoms with E-state index in [0.717, 1.165) is 44.9 Å². The third kappa shape index (κ3) is 30.7. The van der Waals surface area contributed by atoms with Crippen LogP contribution < -0.4 is 5.32 Å². The number of halogens is 2. The van der Waals surface area contributed by atoms with Gasteiger partial charge in [-0.25, -0.2) is 8.78 Å². The summed E-state index contributed by atoms with van der Waals surface area (Å²) in [5.41, 5.74) is -1.24. The summed E-state index contributed by atoms with van der Waals surface area (Å²) in [6.07, 6.45) is 44.1. The molecule has 1 atom stereocenters. The Morgan fingerprint density at radius 2 is 1.05 bits per heavy atom. The average Bonchev–Trinajstić information content (AvgIpc) is 3.23. The van der Waals surface area contributed by atoms with Crippen LogP contribution >= 0.6 is 0 Å². The zero-order chi connectivity index (χ0) is 46.3. The predicted octanol–water partition coefficient (Wildman–Crippen LogP) is 15.1. The van der Waals surface area contributed by atoms with E-state index in [1.54, 1.807) is 14.1 Å². The first-order chi connectivity index (χ1) is 30.5. The summed E-state index contributed by atoms with van der Waals surface area (Å²) >= 11 is 0. The zero-order valence-electron chi connectivity index (χ0n) is 42.0. The second-order valence-corrected chi connectivity index (χ2v) is 19.7. The predicted molar refractivity (Wildman–Crippen MR) is 262 cm³/mol. The lowest BCUT2D eigenvalue weighted by atomic mass is 9.73. The van der Waals surface area contributed by atoms with Crippen LogP contribution in [-0.2, 0) is 19.1 Å². The second kappa shape index (κ2) is 39.2. The average molecular weight is 894 g/mol. The van der Waals surface area contributed by atoms with E-state index in [-0.39, 0.29) is 24.7 Å². The molecule has 0 bridgehead atoms. The molecule has 1 aliphatic rings. The fraction of sp³-hybridized carbons (Fsp3) is 0.907. The molecule has 1 rings (SSSR count). The minimum Gasteiger partial charge on any atom is -0.465 e. The van der Waals surface area contributed by atoms with Gasteiger partial charge in [0, 0.05) is 19.4 Å². The minimum absolute atomic E-state index is 0.0222. The van der Waals surface area contributed by atoms with Crippen LogP contribution in [-0.4, -0.2) is 79.4 Å². The van der Waals surface area contributed by atoms with Crippen LogP contribution in [0.2, 0.25) is 0 Å². The number of ether oxygens (including phenoxy) is 1. The zero-order valence-corrected chi connectivity index (χ0v) is 42.0. The molecule has 0 aromatic carbocycles. The van der Waals surface area contributed by atoms with Crippen LogP contribution in [0.4, 0.5) is 8.78 Å². The summed E-state index contributed by atoms with van der Waals surface area (Å²) in [6.45, 7) is 6.39. The molecule has 0 aromatic heterocycles. The Balaban J connectivity index is 2.57. The number of unbranched alkanes of at least 4 members (excludes halogenated alkanes) is 25. The monoisotopic (exact) mass is 894 g/mol. The molecular formula is C54H101F2N3O4. The summed E-state index contributed by atoms with van der Waals surface area (Å²) in [7, 11) is 3.18. The van der Waals surface area contributed by atoms with E-state index in [2.05, 4.69) is 38.2 Å². The van der Waals surface area contributed by atoms with Gasteiger partial charge in [0.1, 0.15) is 5.54 Å². The smallest absolute Gasteiger partial charge is 0.305 e. The molecule has 1 saturated carbocycles. The number of nitrogens with one attached hydrogen (secondary N) is 1. The van der Waals surface area contributed by atoms with Crippen LogP contribution in [0.3, 0.4) is 0 Å². The SMILES string of the molecule is CCCCCCCC/C=C\CCCCCCCCNC(=O)C1(N(CC(F)(F)CN(C)C)C(=O)CCCCC(=O)OCC(CCCCCCCC)CCCCCCCCCC)CCC1. The van der Waals surface area contributed by atoms with Gasteiger partial charge in [0.15, 0.2) is 0 Å². The van der Waals surface area contributed by atoms with Crippen molar-refractivity contribution in [3.8, 4) is 0 Å². The van der Waals surface area contributed by atoms with Gasteiger partial charge in [-0.05, 0) is 97.1 Å². The molecule has 370 valence electrons. The van der Waals surface area contributed by atoms with Gasteiger partial charge in [-0.15, -0.1) is 0 Å². The van der Waals surface area contributed by atoms with Gasteiger partial charge in [0.2, 0.25) is 11.8 Å². The first-order valence-corrected chi connectivity index (χ1v) is 26.9. The Morgan fingerprint density at radius 1 is 0.603 bits per heavy atom. The highest BCUT2D eigenvalue weighted by atomic mass is 19.3. The third-order valence-electron chi connectivity index (χ3n) is 13.3. The van der Waals surface area contributed by atoms with Crippen molar-refractivity contribution in [1.29, 1.82) is 0 Å². The van der Waals surface area contributed by atoms with Crippen molar-refractivity contribution in [2.45, 2.75) is 270 Å². The number of carbonyl (C=O) groups is 3. The van der Waals surface area contributed by atoms with E-state index in [9.17, 15) is 14.4 Å². The maximum absolute atomic E-state index is 15.4. The molecule has 0 heterocycles. The topological polar surface area (TPSA) is 79.0 Å². The number of rotatable bonds is 45. The van der Waals surface area contributed by atoms with Crippen molar-refractivity contribution >= 4 is 17.8 Å². The van der Waals surface area contributed by atoms with Crippen LogP contribution in [0.15, 0.2) is 12.2 Å². The largest absolute Gasteiger partial charge is 0.465 e. The Bertz CT molecular complexity index is 1140. The van der Waals surface area contributed by atoms with Crippen LogP contribution in [0.1, 0.15) is 258 Å². The first kappa shape index (κ1) is 59.0.